The summed E-state index contributed by atoms with van der Waals surface area (Å²) in [5, 5.41) is 5.12. The molecule has 0 aliphatic heterocycles. The van der Waals surface area contributed by atoms with Crippen LogP contribution in [0.15, 0.2) is 42.7 Å². The lowest BCUT2D eigenvalue weighted by atomic mass is 10.1. The topological polar surface area (TPSA) is 74.3 Å². The molecule has 0 bridgehead atoms. The molecule has 1 aromatic heterocycles. The van der Waals surface area contributed by atoms with Gasteiger partial charge in [0.15, 0.2) is 0 Å². The van der Waals surface area contributed by atoms with Crippen molar-refractivity contribution in [2.75, 3.05) is 32.5 Å². The van der Waals surface area contributed by atoms with Gasteiger partial charge in [-0.05, 0) is 51.3 Å². The maximum absolute atomic E-state index is 12.8. The van der Waals surface area contributed by atoms with Crippen molar-refractivity contribution in [3.05, 3.63) is 59.4 Å². The Balaban J connectivity index is 2.03. The maximum atomic E-state index is 12.8. The first-order chi connectivity index (χ1) is 13.2. The lowest BCUT2D eigenvalue weighted by Crippen LogP contribution is -2.27. The van der Waals surface area contributed by atoms with Crippen LogP contribution in [0.3, 0.4) is 0 Å². The maximum Gasteiger partial charge on any atom is 0.416 e. The lowest BCUT2D eigenvalue weighted by Gasteiger charge is -2.11. The van der Waals surface area contributed by atoms with Crippen molar-refractivity contribution in [1.29, 1.82) is 0 Å². The highest BCUT2D eigenvalue weighted by molar-refractivity contribution is 6.05. The Bertz CT molecular complexity index is 838. The summed E-state index contributed by atoms with van der Waals surface area (Å²) in [7, 11) is 3.86. The Labute approximate surface area is 160 Å². The normalized spacial score (nSPS) is 11.4. The van der Waals surface area contributed by atoms with Crippen LogP contribution in [0.25, 0.3) is 0 Å². The fraction of sp³-hybridized carbons (Fsp3) is 0.316. The molecule has 0 aliphatic rings. The van der Waals surface area contributed by atoms with Gasteiger partial charge >= 0.3 is 6.18 Å². The van der Waals surface area contributed by atoms with Gasteiger partial charge in [-0.2, -0.15) is 13.2 Å². The van der Waals surface area contributed by atoms with Crippen molar-refractivity contribution in [1.82, 2.24) is 15.2 Å². The summed E-state index contributed by atoms with van der Waals surface area (Å²) < 4.78 is 38.3. The number of hydrogen-bond donors (Lipinski definition) is 2. The zero-order valence-corrected chi connectivity index (χ0v) is 15.5. The van der Waals surface area contributed by atoms with E-state index in [1.165, 1.54) is 30.6 Å². The van der Waals surface area contributed by atoms with Crippen LogP contribution in [-0.2, 0) is 6.18 Å². The first-order valence-corrected chi connectivity index (χ1v) is 8.53. The quantitative estimate of drug-likeness (QED) is 0.708. The highest BCUT2D eigenvalue weighted by Gasteiger charge is 2.30. The number of nitrogens with one attached hydrogen (secondary N) is 2. The summed E-state index contributed by atoms with van der Waals surface area (Å²) in [5.41, 5.74) is -0.604. The van der Waals surface area contributed by atoms with E-state index in [0.717, 1.165) is 25.1 Å². The highest BCUT2D eigenvalue weighted by atomic mass is 19.4. The molecule has 0 spiro atoms. The Morgan fingerprint density at radius 3 is 2.39 bits per heavy atom. The Kier molecular flexibility index (Phi) is 7.11. The van der Waals surface area contributed by atoms with E-state index in [4.69, 9.17) is 0 Å². The molecule has 2 aromatic rings. The summed E-state index contributed by atoms with van der Waals surface area (Å²) >= 11 is 0. The predicted molar refractivity (Wildman–Crippen MR) is 99.1 cm³/mol. The van der Waals surface area contributed by atoms with Gasteiger partial charge in [-0.1, -0.05) is 6.07 Å². The van der Waals surface area contributed by atoms with Gasteiger partial charge in [0.05, 0.1) is 16.7 Å². The number of carbonyl (C=O) groups excluding carboxylic acids is 2. The minimum atomic E-state index is -4.51. The average Bonchev–Trinajstić information content (AvgIpc) is 2.64. The number of rotatable bonds is 7. The zero-order chi connectivity index (χ0) is 20.7. The second-order valence-corrected chi connectivity index (χ2v) is 6.41. The number of halogens is 3. The second-order valence-electron chi connectivity index (χ2n) is 6.41. The number of amides is 2. The molecule has 1 heterocycles. The molecule has 1 aromatic carbocycles. The first kappa shape index (κ1) is 21.4. The lowest BCUT2D eigenvalue weighted by molar-refractivity contribution is -0.137. The number of hydrogen-bond acceptors (Lipinski definition) is 4. The summed E-state index contributed by atoms with van der Waals surface area (Å²) in [6.07, 6.45) is -1.18. The third-order valence-corrected chi connectivity index (χ3v) is 3.78. The van der Waals surface area contributed by atoms with Gasteiger partial charge in [0.2, 0.25) is 0 Å². The molecule has 150 valence electrons. The molecule has 28 heavy (non-hydrogen) atoms. The van der Waals surface area contributed by atoms with E-state index in [1.54, 1.807) is 0 Å². The standard InChI is InChI=1S/C19H21F3N4O2/c1-26(2)8-4-7-24-17(27)13-9-14(12-23-11-13)18(28)25-16-6-3-5-15(10-16)19(20,21)22/h3,5-6,9-12H,4,7-8H2,1-2H3,(H,24,27)(H,25,28). The number of nitrogens with zero attached hydrogens (tertiary/aromatic N) is 2. The molecule has 0 fully saturated rings. The van der Waals surface area contributed by atoms with E-state index < -0.39 is 17.6 Å². The molecular weight excluding hydrogens is 373 g/mol. The molecule has 0 radical (unpaired) electrons. The van der Waals surface area contributed by atoms with Crippen LogP contribution in [0.2, 0.25) is 0 Å². The van der Waals surface area contributed by atoms with Crippen molar-refractivity contribution >= 4 is 17.5 Å². The van der Waals surface area contributed by atoms with Crippen LogP contribution in [0.5, 0.6) is 0 Å². The predicted octanol–water partition coefficient (Wildman–Crippen LogP) is 3.03. The smallest absolute Gasteiger partial charge is 0.352 e. The molecule has 2 N–H and O–H groups in total. The van der Waals surface area contributed by atoms with Gasteiger partial charge in [-0.15, -0.1) is 0 Å². The highest BCUT2D eigenvalue weighted by Crippen LogP contribution is 2.30. The number of alkyl halides is 3. The largest absolute Gasteiger partial charge is 0.416 e. The third kappa shape index (κ3) is 6.34. The summed E-state index contributed by atoms with van der Waals surface area (Å²) in [6.45, 7) is 1.29. The van der Waals surface area contributed by atoms with Crippen LogP contribution in [-0.4, -0.2) is 48.9 Å². The van der Waals surface area contributed by atoms with Crippen LogP contribution < -0.4 is 10.6 Å². The fourth-order valence-electron chi connectivity index (χ4n) is 2.36. The van der Waals surface area contributed by atoms with Crippen molar-refractivity contribution in [3.63, 3.8) is 0 Å². The van der Waals surface area contributed by atoms with Gasteiger partial charge in [0.1, 0.15) is 0 Å². The Hall–Kier alpha value is -2.94. The molecule has 9 heteroatoms. The summed E-state index contributed by atoms with van der Waals surface area (Å²) in [4.78, 5) is 30.3. The van der Waals surface area contributed by atoms with E-state index in [9.17, 15) is 22.8 Å². The fourth-order valence-corrected chi connectivity index (χ4v) is 2.36. The van der Waals surface area contributed by atoms with Crippen molar-refractivity contribution < 1.29 is 22.8 Å². The van der Waals surface area contributed by atoms with Crippen molar-refractivity contribution in [3.8, 4) is 0 Å². The van der Waals surface area contributed by atoms with E-state index >= 15 is 0 Å². The van der Waals surface area contributed by atoms with Crippen molar-refractivity contribution in [2.45, 2.75) is 12.6 Å². The summed E-state index contributed by atoms with van der Waals surface area (Å²) in [6, 6.07) is 5.65. The molecular formula is C19H21F3N4O2. The summed E-state index contributed by atoms with van der Waals surface area (Å²) in [5.74, 6) is -1.03. The molecule has 0 unspecified atom stereocenters. The van der Waals surface area contributed by atoms with Gasteiger partial charge in [-0.3, -0.25) is 14.6 Å². The average molecular weight is 394 g/mol. The second kappa shape index (κ2) is 9.32. The van der Waals surface area contributed by atoms with E-state index in [0.29, 0.717) is 6.54 Å². The number of carbonyl (C=O) groups is 2. The SMILES string of the molecule is CN(C)CCCNC(=O)c1cncc(C(=O)Nc2cccc(C(F)(F)F)c2)c1. The number of benzene rings is 1. The molecule has 0 saturated heterocycles. The zero-order valence-electron chi connectivity index (χ0n) is 15.5. The molecule has 2 amide bonds. The number of aromatic nitrogens is 1. The van der Waals surface area contributed by atoms with Gasteiger partial charge in [-0.25, -0.2) is 0 Å². The van der Waals surface area contributed by atoms with Gasteiger partial charge in [0.25, 0.3) is 11.8 Å². The number of anilines is 1. The van der Waals surface area contributed by atoms with Crippen molar-refractivity contribution in [2.24, 2.45) is 0 Å². The van der Waals surface area contributed by atoms with Gasteiger partial charge in [0, 0.05) is 24.6 Å². The van der Waals surface area contributed by atoms with Crippen LogP contribution in [0.4, 0.5) is 18.9 Å². The first-order valence-electron chi connectivity index (χ1n) is 8.53. The molecule has 0 saturated carbocycles. The molecule has 0 aliphatic carbocycles. The molecule has 6 nitrogen and oxygen atoms in total. The number of pyridine rings is 1. The van der Waals surface area contributed by atoms with Crippen LogP contribution in [0.1, 0.15) is 32.7 Å². The van der Waals surface area contributed by atoms with E-state index in [1.807, 2.05) is 19.0 Å². The Morgan fingerprint density at radius 2 is 1.75 bits per heavy atom. The molecule has 0 atom stereocenters. The monoisotopic (exact) mass is 394 g/mol. The van der Waals surface area contributed by atoms with Crippen LogP contribution in [0, 0.1) is 0 Å². The minimum Gasteiger partial charge on any atom is -0.352 e. The van der Waals surface area contributed by atoms with E-state index in [2.05, 4.69) is 15.6 Å². The minimum absolute atomic E-state index is 0.00151. The molecule has 2 rings (SSSR count). The Morgan fingerprint density at radius 1 is 1.07 bits per heavy atom. The van der Waals surface area contributed by atoms with Crippen LogP contribution >= 0.6 is 0 Å². The van der Waals surface area contributed by atoms with Gasteiger partial charge < -0.3 is 15.5 Å². The third-order valence-electron chi connectivity index (χ3n) is 3.78. The van der Waals surface area contributed by atoms with E-state index in [-0.39, 0.29) is 22.7 Å².